The summed E-state index contributed by atoms with van der Waals surface area (Å²) in [5.74, 6) is 0.505. The van der Waals surface area contributed by atoms with E-state index in [4.69, 9.17) is 9.47 Å². The normalized spacial score (nSPS) is 21.1. The smallest absolute Gasteiger partial charge is 0.218 e. The molecule has 1 amide bonds. The van der Waals surface area contributed by atoms with Crippen molar-refractivity contribution in [3.05, 3.63) is 36.0 Å². The monoisotopic (exact) mass is 445 g/mol. The van der Waals surface area contributed by atoms with E-state index in [9.17, 15) is 9.90 Å². The molecule has 1 saturated carbocycles. The zero-order valence-electron chi connectivity index (χ0n) is 19.9. The number of pyridine rings is 1. The fourth-order valence-electron chi connectivity index (χ4n) is 4.54. The minimum atomic E-state index is -0.793. The largest absolute Gasteiger partial charge is 0.471 e. The summed E-state index contributed by atoms with van der Waals surface area (Å²) in [4.78, 5) is 16.3. The zero-order valence-corrected chi connectivity index (χ0v) is 19.9. The Kier molecular flexibility index (Phi) is 7.96. The van der Waals surface area contributed by atoms with Crippen molar-refractivity contribution in [2.45, 2.75) is 83.6 Å². The summed E-state index contributed by atoms with van der Waals surface area (Å²) >= 11 is 0. The van der Waals surface area contributed by atoms with E-state index >= 15 is 0 Å². The predicted molar refractivity (Wildman–Crippen MR) is 125 cm³/mol. The predicted octanol–water partition coefficient (Wildman–Crippen LogP) is 3.07. The lowest BCUT2D eigenvalue weighted by atomic mass is 9.73. The Bertz CT molecular complexity index is 801. The molecule has 1 aromatic heterocycles. The van der Waals surface area contributed by atoms with Gasteiger partial charge in [0, 0.05) is 37.7 Å². The average molecular weight is 446 g/mol. The number of hydrogen-bond donors (Lipinski definition) is 3. The van der Waals surface area contributed by atoms with E-state index in [0.717, 1.165) is 37.7 Å². The van der Waals surface area contributed by atoms with Gasteiger partial charge in [0.1, 0.15) is 5.60 Å². The fraction of sp³-hybridized carbons (Fsp3) is 0.680. The van der Waals surface area contributed by atoms with Crippen molar-refractivity contribution in [3.63, 3.8) is 0 Å². The lowest BCUT2D eigenvalue weighted by Crippen LogP contribution is -2.52. The molecule has 7 nitrogen and oxygen atoms in total. The van der Waals surface area contributed by atoms with Gasteiger partial charge in [-0.15, -0.1) is 6.58 Å². The van der Waals surface area contributed by atoms with Crippen LogP contribution in [-0.4, -0.2) is 53.5 Å². The third kappa shape index (κ3) is 6.53. The average Bonchev–Trinajstić information content (AvgIpc) is 2.68. The number of carbonyl (C=O) groups excluding carboxylic acids is 1. The Hall–Kier alpha value is -1.96. The standard InChI is InChI=1S/C25H39N3O4/c1-6-10-31-16-21(28-17(2)29)22(30)15-26-20-13-25(8-7-9-25)32-23-19(20)11-18(14-27-23)12-24(3,4)5/h6,11,14,20-22,26,30H,1,7-10,12-13,15-16H2,2-5H3,(H,28,29)/t20-,21-,22-/m0/s1. The quantitative estimate of drug-likeness (QED) is 0.379. The number of nitrogens with one attached hydrogen (secondary N) is 2. The third-order valence-corrected chi connectivity index (χ3v) is 6.16. The van der Waals surface area contributed by atoms with Crippen LogP contribution in [0.25, 0.3) is 0 Å². The van der Waals surface area contributed by atoms with Crippen LogP contribution in [0.5, 0.6) is 5.88 Å². The molecule has 178 valence electrons. The van der Waals surface area contributed by atoms with E-state index in [1.54, 1.807) is 6.08 Å². The molecular formula is C25H39N3O4. The number of hydrogen-bond acceptors (Lipinski definition) is 6. The molecular weight excluding hydrogens is 406 g/mol. The van der Waals surface area contributed by atoms with Crippen LogP contribution in [0.2, 0.25) is 0 Å². The maximum absolute atomic E-state index is 11.6. The number of aliphatic hydroxyl groups excluding tert-OH is 1. The van der Waals surface area contributed by atoms with E-state index in [1.807, 2.05) is 6.20 Å². The molecule has 2 heterocycles. The second kappa shape index (κ2) is 10.3. The molecule has 0 saturated heterocycles. The first kappa shape index (κ1) is 24.7. The molecule has 32 heavy (non-hydrogen) atoms. The number of aliphatic hydroxyl groups is 1. The number of carbonyl (C=O) groups is 1. The van der Waals surface area contributed by atoms with E-state index < -0.39 is 12.1 Å². The van der Waals surface area contributed by atoms with Gasteiger partial charge in [0.05, 0.1) is 25.4 Å². The van der Waals surface area contributed by atoms with E-state index in [0.29, 0.717) is 19.0 Å². The first-order valence-electron chi connectivity index (χ1n) is 11.7. The van der Waals surface area contributed by atoms with Crippen molar-refractivity contribution >= 4 is 5.91 Å². The second-order valence-corrected chi connectivity index (χ2v) is 10.5. The van der Waals surface area contributed by atoms with Crippen molar-refractivity contribution in [1.29, 1.82) is 0 Å². The third-order valence-electron chi connectivity index (χ3n) is 6.16. The maximum Gasteiger partial charge on any atom is 0.218 e. The van der Waals surface area contributed by atoms with E-state index in [1.165, 1.54) is 12.5 Å². The molecule has 3 atom stereocenters. The van der Waals surface area contributed by atoms with Gasteiger partial charge in [-0.3, -0.25) is 4.79 Å². The van der Waals surface area contributed by atoms with Gasteiger partial charge in [-0.1, -0.05) is 26.8 Å². The summed E-state index contributed by atoms with van der Waals surface area (Å²) in [6.07, 6.45) is 7.79. The molecule has 0 bridgehead atoms. The lowest BCUT2D eigenvalue weighted by molar-refractivity contribution is -0.121. The van der Waals surface area contributed by atoms with Crippen molar-refractivity contribution in [3.8, 4) is 5.88 Å². The summed E-state index contributed by atoms with van der Waals surface area (Å²) in [5, 5.41) is 17.1. The van der Waals surface area contributed by atoms with Gasteiger partial charge < -0.3 is 25.2 Å². The summed E-state index contributed by atoms with van der Waals surface area (Å²) < 4.78 is 11.8. The summed E-state index contributed by atoms with van der Waals surface area (Å²) in [5.41, 5.74) is 2.25. The number of fused-ring (bicyclic) bond motifs is 1. The van der Waals surface area contributed by atoms with Gasteiger partial charge in [0.15, 0.2) is 0 Å². The Labute approximate surface area is 192 Å². The molecule has 1 fully saturated rings. The SMILES string of the molecule is C=CCOC[C@H](NC(C)=O)[C@@H](O)CN[C@H]1CC2(CCC2)Oc2ncc(CC(C)(C)C)cc21. The summed E-state index contributed by atoms with van der Waals surface area (Å²) in [6.45, 7) is 12.6. The number of amides is 1. The van der Waals surface area contributed by atoms with Crippen molar-refractivity contribution in [1.82, 2.24) is 15.6 Å². The van der Waals surface area contributed by atoms with Gasteiger partial charge in [0.2, 0.25) is 11.8 Å². The van der Waals surface area contributed by atoms with Crippen LogP contribution in [0, 0.1) is 5.41 Å². The molecule has 0 unspecified atom stereocenters. The van der Waals surface area contributed by atoms with Gasteiger partial charge in [-0.2, -0.15) is 0 Å². The highest BCUT2D eigenvalue weighted by molar-refractivity contribution is 5.73. The number of ether oxygens (including phenoxy) is 2. The molecule has 1 aliphatic heterocycles. The van der Waals surface area contributed by atoms with Gasteiger partial charge in [-0.05, 0) is 42.7 Å². The summed E-state index contributed by atoms with van der Waals surface area (Å²) in [6, 6.07) is 1.73. The molecule has 0 aromatic carbocycles. The Balaban J connectivity index is 1.73. The van der Waals surface area contributed by atoms with E-state index in [2.05, 4.69) is 49.0 Å². The second-order valence-electron chi connectivity index (χ2n) is 10.5. The van der Waals surface area contributed by atoms with Crippen molar-refractivity contribution in [2.24, 2.45) is 5.41 Å². The molecule has 0 radical (unpaired) electrons. The van der Waals surface area contributed by atoms with Crippen LogP contribution >= 0.6 is 0 Å². The molecule has 7 heteroatoms. The Morgan fingerprint density at radius 1 is 1.47 bits per heavy atom. The van der Waals surface area contributed by atoms with Crippen LogP contribution < -0.4 is 15.4 Å². The number of nitrogens with zero attached hydrogens (tertiary/aromatic N) is 1. The van der Waals surface area contributed by atoms with Crippen molar-refractivity contribution < 1.29 is 19.4 Å². The number of rotatable bonds is 10. The molecule has 1 aromatic rings. The molecule has 3 N–H and O–H groups in total. The lowest BCUT2D eigenvalue weighted by Gasteiger charge is -2.47. The molecule has 3 rings (SSSR count). The topological polar surface area (TPSA) is 92.7 Å². The maximum atomic E-state index is 11.6. The van der Waals surface area contributed by atoms with Gasteiger partial charge in [-0.25, -0.2) is 4.98 Å². The first-order valence-corrected chi connectivity index (χ1v) is 11.7. The van der Waals surface area contributed by atoms with Crippen LogP contribution in [-0.2, 0) is 16.0 Å². The first-order chi connectivity index (χ1) is 15.1. The number of aromatic nitrogens is 1. The molecule has 2 aliphatic rings. The van der Waals surface area contributed by atoms with Crippen LogP contribution in [0.3, 0.4) is 0 Å². The highest BCUT2D eigenvalue weighted by Crippen LogP contribution is 2.48. The van der Waals surface area contributed by atoms with Crippen molar-refractivity contribution in [2.75, 3.05) is 19.8 Å². The fourth-order valence-corrected chi connectivity index (χ4v) is 4.54. The van der Waals surface area contributed by atoms with E-state index in [-0.39, 0.29) is 29.6 Å². The van der Waals surface area contributed by atoms with Crippen LogP contribution in [0.15, 0.2) is 24.9 Å². The Morgan fingerprint density at radius 2 is 2.22 bits per heavy atom. The highest BCUT2D eigenvalue weighted by atomic mass is 16.5. The van der Waals surface area contributed by atoms with Crippen LogP contribution in [0.1, 0.15) is 70.5 Å². The van der Waals surface area contributed by atoms with Crippen LogP contribution in [0.4, 0.5) is 0 Å². The zero-order chi connectivity index (χ0) is 23.4. The summed E-state index contributed by atoms with van der Waals surface area (Å²) in [7, 11) is 0. The minimum absolute atomic E-state index is 0.0354. The van der Waals surface area contributed by atoms with Gasteiger partial charge in [0.25, 0.3) is 0 Å². The minimum Gasteiger partial charge on any atom is -0.471 e. The Morgan fingerprint density at radius 3 is 2.81 bits per heavy atom. The molecule has 1 spiro atoms. The molecule has 1 aliphatic carbocycles. The van der Waals surface area contributed by atoms with Gasteiger partial charge >= 0.3 is 0 Å². The highest BCUT2D eigenvalue weighted by Gasteiger charge is 2.46.